The van der Waals surface area contributed by atoms with E-state index in [9.17, 15) is 0 Å². The van der Waals surface area contributed by atoms with Crippen molar-refractivity contribution in [2.75, 3.05) is 13.1 Å². The molecule has 0 bridgehead atoms. The van der Waals surface area contributed by atoms with Crippen LogP contribution in [0.25, 0.3) is 0 Å². The summed E-state index contributed by atoms with van der Waals surface area (Å²) in [7, 11) is 0. The quantitative estimate of drug-likeness (QED) is 0.770. The zero-order valence-corrected chi connectivity index (χ0v) is 14.0. The minimum atomic E-state index is 0.221. The number of hydrogen-bond acceptors (Lipinski definition) is 1. The number of hydrogen-bond donors (Lipinski definition) is 0. The van der Waals surface area contributed by atoms with E-state index in [-0.39, 0.29) is 5.41 Å². The highest BCUT2D eigenvalue weighted by Crippen LogP contribution is 2.46. The van der Waals surface area contributed by atoms with E-state index in [0.29, 0.717) is 0 Å². The summed E-state index contributed by atoms with van der Waals surface area (Å²) in [4.78, 5) is 2.75. The molecule has 0 atom stereocenters. The second-order valence-electron chi connectivity index (χ2n) is 7.29. The van der Waals surface area contributed by atoms with Crippen LogP contribution in [-0.2, 0) is 5.41 Å². The molecule has 2 aliphatic rings. The number of rotatable bonds is 3. The van der Waals surface area contributed by atoms with Gasteiger partial charge >= 0.3 is 0 Å². The molecule has 120 valence electrons. The van der Waals surface area contributed by atoms with Crippen molar-refractivity contribution in [1.29, 1.82) is 0 Å². The zero-order chi connectivity index (χ0) is 15.5. The molecule has 1 saturated carbocycles. The molecule has 1 nitrogen and oxygen atoms in total. The van der Waals surface area contributed by atoms with Crippen molar-refractivity contribution in [3.8, 4) is 0 Å². The van der Waals surface area contributed by atoms with Crippen LogP contribution in [0.4, 0.5) is 0 Å². The summed E-state index contributed by atoms with van der Waals surface area (Å²) in [6.45, 7) is 2.66. The van der Waals surface area contributed by atoms with E-state index in [1.54, 1.807) is 0 Å². The lowest BCUT2D eigenvalue weighted by molar-refractivity contribution is 0.161. The molecule has 1 aliphatic carbocycles. The minimum Gasteiger partial charge on any atom is -0.300 e. The summed E-state index contributed by atoms with van der Waals surface area (Å²) >= 11 is 0. The lowest BCUT2D eigenvalue weighted by atomic mass is 9.64. The molecule has 1 heteroatoms. The van der Waals surface area contributed by atoms with E-state index in [1.165, 1.54) is 62.7 Å². The Morgan fingerprint density at radius 3 is 1.65 bits per heavy atom. The first-order valence-electron chi connectivity index (χ1n) is 9.24. The van der Waals surface area contributed by atoms with Gasteiger partial charge in [0.15, 0.2) is 0 Å². The molecule has 2 aromatic carbocycles. The van der Waals surface area contributed by atoms with Crippen LogP contribution < -0.4 is 0 Å². The molecule has 0 spiro atoms. The van der Waals surface area contributed by atoms with Crippen molar-refractivity contribution in [1.82, 2.24) is 4.90 Å². The van der Waals surface area contributed by atoms with Gasteiger partial charge in [0.25, 0.3) is 0 Å². The van der Waals surface area contributed by atoms with Gasteiger partial charge in [0.05, 0.1) is 0 Å². The first-order valence-corrected chi connectivity index (χ1v) is 9.24. The van der Waals surface area contributed by atoms with Crippen LogP contribution in [0.15, 0.2) is 60.7 Å². The van der Waals surface area contributed by atoms with Gasteiger partial charge in [-0.1, -0.05) is 60.7 Å². The fourth-order valence-corrected chi connectivity index (χ4v) is 4.83. The summed E-state index contributed by atoms with van der Waals surface area (Å²) in [5, 5.41) is 0. The maximum absolute atomic E-state index is 2.75. The molecule has 0 amide bonds. The van der Waals surface area contributed by atoms with Crippen molar-refractivity contribution in [3.63, 3.8) is 0 Å². The zero-order valence-electron chi connectivity index (χ0n) is 14.0. The van der Waals surface area contributed by atoms with Crippen LogP contribution in [0.5, 0.6) is 0 Å². The predicted octanol–water partition coefficient (Wildman–Crippen LogP) is 5.01. The first-order chi connectivity index (χ1) is 11.4. The highest BCUT2D eigenvalue weighted by Gasteiger charge is 2.39. The molecule has 1 aliphatic heterocycles. The Bertz CT molecular complexity index is 563. The number of nitrogens with zero attached hydrogens (tertiary/aromatic N) is 1. The van der Waals surface area contributed by atoms with E-state index in [2.05, 4.69) is 65.6 Å². The van der Waals surface area contributed by atoms with E-state index in [4.69, 9.17) is 0 Å². The first kappa shape index (κ1) is 15.0. The van der Waals surface area contributed by atoms with Gasteiger partial charge in [0.2, 0.25) is 0 Å². The Kier molecular flexibility index (Phi) is 4.22. The smallest absolute Gasteiger partial charge is 0.0204 e. The molecule has 1 heterocycles. The van der Waals surface area contributed by atoms with Crippen molar-refractivity contribution >= 4 is 0 Å². The van der Waals surface area contributed by atoms with Crippen LogP contribution in [-0.4, -0.2) is 24.0 Å². The van der Waals surface area contributed by atoms with Gasteiger partial charge in [-0.25, -0.2) is 0 Å². The fourth-order valence-electron chi connectivity index (χ4n) is 4.83. The average Bonchev–Trinajstić information content (AvgIpc) is 3.18. The Balaban J connectivity index is 1.63. The third kappa shape index (κ3) is 2.83. The Hall–Kier alpha value is -1.60. The molecule has 4 rings (SSSR count). The average molecular weight is 305 g/mol. The van der Waals surface area contributed by atoms with Crippen molar-refractivity contribution in [3.05, 3.63) is 71.8 Å². The van der Waals surface area contributed by atoms with Gasteiger partial charge < -0.3 is 4.90 Å². The fraction of sp³-hybridized carbons (Fsp3) is 0.455. The van der Waals surface area contributed by atoms with Gasteiger partial charge in [-0.3, -0.25) is 0 Å². The lowest BCUT2D eigenvalue weighted by Gasteiger charge is -2.43. The maximum Gasteiger partial charge on any atom is 0.0204 e. The predicted molar refractivity (Wildman–Crippen MR) is 96.7 cm³/mol. The lowest BCUT2D eigenvalue weighted by Crippen LogP contribution is -2.41. The molecular weight excluding hydrogens is 278 g/mol. The monoisotopic (exact) mass is 305 g/mol. The van der Waals surface area contributed by atoms with E-state index in [0.717, 1.165) is 6.04 Å². The van der Waals surface area contributed by atoms with Gasteiger partial charge in [0, 0.05) is 11.5 Å². The molecule has 0 radical (unpaired) electrons. The highest BCUT2D eigenvalue weighted by atomic mass is 15.2. The van der Waals surface area contributed by atoms with Crippen molar-refractivity contribution < 1.29 is 0 Å². The molecule has 23 heavy (non-hydrogen) atoms. The van der Waals surface area contributed by atoms with Gasteiger partial charge in [-0.15, -0.1) is 0 Å². The standard InChI is InChI=1S/C22H27N/c1-3-9-19(10-4-1)22(20-11-5-2-6-12-20)15-13-21(14-16-22)23-17-7-8-18-23/h1-6,9-12,21H,7-8,13-18H2. The summed E-state index contributed by atoms with van der Waals surface area (Å²) < 4.78 is 0. The molecule has 0 aromatic heterocycles. The van der Waals surface area contributed by atoms with Crippen LogP contribution in [0.1, 0.15) is 49.7 Å². The Morgan fingerprint density at radius 2 is 1.17 bits per heavy atom. The highest BCUT2D eigenvalue weighted by molar-refractivity contribution is 5.40. The Morgan fingerprint density at radius 1 is 0.696 bits per heavy atom. The normalized spacial score (nSPS) is 22.3. The third-order valence-corrected chi connectivity index (χ3v) is 6.12. The molecule has 2 fully saturated rings. The van der Waals surface area contributed by atoms with Crippen LogP contribution in [0, 0.1) is 0 Å². The van der Waals surface area contributed by atoms with Gasteiger partial charge in [-0.2, -0.15) is 0 Å². The SMILES string of the molecule is c1ccc(C2(c3ccccc3)CCC(N3CCCC3)CC2)cc1. The largest absolute Gasteiger partial charge is 0.300 e. The number of benzene rings is 2. The van der Waals surface area contributed by atoms with E-state index >= 15 is 0 Å². The Labute approximate surface area is 140 Å². The van der Waals surface area contributed by atoms with E-state index in [1.807, 2.05) is 0 Å². The van der Waals surface area contributed by atoms with Crippen molar-refractivity contribution in [2.45, 2.75) is 50.0 Å². The van der Waals surface area contributed by atoms with Gasteiger partial charge in [-0.05, 0) is 62.7 Å². The molecule has 0 unspecified atom stereocenters. The summed E-state index contributed by atoms with van der Waals surface area (Å²) in [5.74, 6) is 0. The second-order valence-corrected chi connectivity index (χ2v) is 7.29. The molecule has 2 aromatic rings. The van der Waals surface area contributed by atoms with Crippen molar-refractivity contribution in [2.24, 2.45) is 0 Å². The van der Waals surface area contributed by atoms with Gasteiger partial charge in [0.1, 0.15) is 0 Å². The summed E-state index contributed by atoms with van der Waals surface area (Å²) in [5.41, 5.74) is 3.23. The van der Waals surface area contributed by atoms with Crippen LogP contribution >= 0.6 is 0 Å². The minimum absolute atomic E-state index is 0.221. The summed E-state index contributed by atoms with van der Waals surface area (Å²) in [6, 6.07) is 23.2. The molecule has 0 N–H and O–H groups in total. The topological polar surface area (TPSA) is 3.24 Å². The molecular formula is C22H27N. The third-order valence-electron chi connectivity index (χ3n) is 6.12. The van der Waals surface area contributed by atoms with Crippen LogP contribution in [0.2, 0.25) is 0 Å². The summed E-state index contributed by atoms with van der Waals surface area (Å²) in [6.07, 6.45) is 8.04. The second kappa shape index (κ2) is 6.49. The molecule has 1 saturated heterocycles. The maximum atomic E-state index is 2.75. The van der Waals surface area contributed by atoms with Crippen LogP contribution in [0.3, 0.4) is 0 Å². The van der Waals surface area contributed by atoms with E-state index < -0.39 is 0 Å². The number of likely N-dealkylation sites (tertiary alicyclic amines) is 1.